The van der Waals surface area contributed by atoms with E-state index in [1.54, 1.807) is 54.9 Å². The number of aromatic nitrogens is 4. The zero-order chi connectivity index (χ0) is 65.8. The molecule has 0 bridgehead atoms. The number of sulfonamides is 2. The number of pyridine rings is 2. The first-order valence-corrected chi connectivity index (χ1v) is 32.8. The van der Waals surface area contributed by atoms with Crippen LogP contribution in [-0.4, -0.2) is 108 Å². The zero-order valence-electron chi connectivity index (χ0n) is 51.1. The number of rotatable bonds is 12. The van der Waals surface area contributed by atoms with Crippen molar-refractivity contribution in [3.8, 4) is 56.7 Å². The number of fused-ring (bicyclic) bond motifs is 4. The molecule has 2 N–H and O–H groups in total. The van der Waals surface area contributed by atoms with E-state index in [0.717, 1.165) is 32.1 Å². The molecule has 2 amide bonds. The van der Waals surface area contributed by atoms with Crippen LogP contribution < -0.4 is 24.7 Å². The van der Waals surface area contributed by atoms with Gasteiger partial charge in [0.05, 0.1) is 46.2 Å². The second-order valence-electron chi connectivity index (χ2n) is 22.4. The van der Waals surface area contributed by atoms with Crippen molar-refractivity contribution in [3.63, 3.8) is 0 Å². The minimum atomic E-state index is -3.68. The fraction of sp³-hybridized carbons (Fsp3) is 0.182. The summed E-state index contributed by atoms with van der Waals surface area (Å²) in [5.74, 6) is -0.214. The second kappa shape index (κ2) is 24.9. The average Bonchev–Trinajstić information content (AvgIpc) is 1.64. The molecule has 92 heavy (non-hydrogen) atoms. The molecule has 0 unspecified atom stereocenters. The lowest BCUT2D eigenvalue weighted by atomic mass is 9.78. The topological polar surface area (TPSA) is 256 Å². The third-order valence-electron chi connectivity index (χ3n) is 15.8. The highest BCUT2D eigenvalue weighted by Gasteiger charge is 2.51. The summed E-state index contributed by atoms with van der Waals surface area (Å²) in [6, 6.07) is 40.0. The maximum absolute atomic E-state index is 13.7. The first kappa shape index (κ1) is 64.0. The predicted octanol–water partition coefficient (Wildman–Crippen LogP) is 12.8. The maximum Gasteiger partial charge on any atom is 0.494 e. The van der Waals surface area contributed by atoms with E-state index in [0.29, 0.717) is 99.8 Å². The van der Waals surface area contributed by atoms with Crippen LogP contribution in [0.15, 0.2) is 180 Å². The number of nitrogens with one attached hydrogen (secondary N) is 2. The van der Waals surface area contributed by atoms with Crippen molar-refractivity contribution in [1.29, 1.82) is 0 Å². The fourth-order valence-corrected chi connectivity index (χ4v) is 11.8. The Bertz CT molecular complexity index is 5000. The van der Waals surface area contributed by atoms with Gasteiger partial charge in [-0.1, -0.05) is 24.3 Å². The minimum absolute atomic E-state index is 0.234. The molecule has 0 radical (unpaired) electrons. The van der Waals surface area contributed by atoms with Crippen molar-refractivity contribution in [2.45, 2.75) is 38.9 Å². The van der Waals surface area contributed by atoms with Crippen molar-refractivity contribution in [2.75, 3.05) is 49.3 Å². The van der Waals surface area contributed by atoms with Crippen LogP contribution in [0.4, 0.5) is 20.2 Å². The molecule has 7 heterocycles. The molecule has 20 nitrogen and oxygen atoms in total. The SMILES string of the molecule is CC1(C)OB(c2cccc(-c3nc4ncccc4o3)c2)OC1(C)C.CNC(=O)c1c(-c2ccc(F)cc2)oc2cc(N(C)S(C)(=O)=O)c(-c3cccc(-c4nc5ncccc5o4)c3)cc12.CNC(=O)c1c(-c2ccc(F)cc2)oc2cc(N(C)S(C)(=O)=O)c(Br)cc12. The summed E-state index contributed by atoms with van der Waals surface area (Å²) < 4.78 is 115. The van der Waals surface area contributed by atoms with Crippen molar-refractivity contribution < 1.29 is 62.2 Å². The monoisotopic (exact) mass is 1350 g/mol. The Hall–Kier alpha value is -9.60. The van der Waals surface area contributed by atoms with Crippen LogP contribution in [0.1, 0.15) is 48.4 Å². The Morgan fingerprint density at radius 1 is 0.522 bits per heavy atom. The average molecular weight is 1350 g/mol. The molecule has 0 atom stereocenters. The molecular weight excluding hydrogens is 1290 g/mol. The Morgan fingerprint density at radius 3 is 1.42 bits per heavy atom. The van der Waals surface area contributed by atoms with Gasteiger partial charge in [0.1, 0.15) is 34.3 Å². The summed E-state index contributed by atoms with van der Waals surface area (Å²) >= 11 is 3.36. The second-order valence-corrected chi connectivity index (χ2v) is 27.3. The van der Waals surface area contributed by atoms with Gasteiger partial charge in [-0.25, -0.2) is 35.6 Å². The van der Waals surface area contributed by atoms with E-state index in [2.05, 4.69) is 46.5 Å². The number of anilines is 2. The Balaban J connectivity index is 0.000000148. The molecule has 1 aliphatic heterocycles. The number of hydrogen-bond acceptors (Lipinski definition) is 16. The fourth-order valence-electron chi connectivity index (χ4n) is 10.0. The molecule has 470 valence electrons. The Morgan fingerprint density at radius 2 is 0.957 bits per heavy atom. The minimum Gasteiger partial charge on any atom is -0.455 e. The summed E-state index contributed by atoms with van der Waals surface area (Å²) in [6.07, 6.45) is 5.52. The molecular formula is C66H58BBrF2N8O12S2. The van der Waals surface area contributed by atoms with Gasteiger partial charge in [-0.05, 0) is 164 Å². The van der Waals surface area contributed by atoms with Crippen molar-refractivity contribution in [3.05, 3.63) is 185 Å². The number of carbonyl (C=O) groups is 2. The van der Waals surface area contributed by atoms with Gasteiger partial charge in [-0.2, -0.15) is 9.97 Å². The van der Waals surface area contributed by atoms with Gasteiger partial charge in [-0.15, -0.1) is 0 Å². The van der Waals surface area contributed by atoms with E-state index in [1.165, 1.54) is 76.7 Å². The first-order chi connectivity index (χ1) is 43.6. The van der Waals surface area contributed by atoms with Crippen LogP contribution in [0.25, 0.3) is 101 Å². The number of nitrogens with zero attached hydrogens (tertiary/aromatic N) is 6. The van der Waals surface area contributed by atoms with Gasteiger partial charge >= 0.3 is 7.12 Å². The number of oxazole rings is 2. The van der Waals surface area contributed by atoms with Gasteiger partial charge in [0.15, 0.2) is 22.5 Å². The van der Waals surface area contributed by atoms with Crippen molar-refractivity contribution >= 4 is 116 Å². The lowest BCUT2D eigenvalue weighted by Gasteiger charge is -2.32. The summed E-state index contributed by atoms with van der Waals surface area (Å²) in [7, 11) is -1.71. The van der Waals surface area contributed by atoms with Gasteiger partial charge in [0.2, 0.25) is 31.8 Å². The van der Waals surface area contributed by atoms with Crippen LogP contribution in [0, 0.1) is 11.6 Å². The third-order valence-corrected chi connectivity index (χ3v) is 18.8. The molecule has 1 aliphatic rings. The maximum atomic E-state index is 13.7. The number of hydrogen-bond donors (Lipinski definition) is 2. The van der Waals surface area contributed by atoms with Gasteiger partial charge < -0.3 is 37.6 Å². The number of furan rings is 2. The third kappa shape index (κ3) is 12.7. The largest absolute Gasteiger partial charge is 0.494 e. The Kier molecular flexibility index (Phi) is 17.3. The standard InChI is InChI=1S/C30H23FN4O5S.C18H19BN2O3.C18H16BrFN2O4S/c1-32-29(36)26-22-15-21(18-6-4-7-19(14-18)30-34-28-24(40-30)8-5-13-33-28)23(35(2)41(3,37)38)16-25(22)39-27(26)17-9-11-20(31)12-10-17;1-17(2)18(3,4)24-19(23-17)13-8-5-7-12(11-13)16-21-15-14(22-16)9-6-10-20-15;1-21-18(23)16-12-8-13(19)14(22(2)27(3,24)25)9-15(12)26-17(16)10-4-6-11(20)7-5-10/h4-16H,1-3H3,(H,32,36);5-11H,1-4H3;4-9H,1-3H3,(H,21,23). The van der Waals surface area contributed by atoms with Crippen LogP contribution in [-0.2, 0) is 29.4 Å². The number of halogens is 3. The molecule has 6 aromatic carbocycles. The van der Waals surface area contributed by atoms with Crippen molar-refractivity contribution in [1.82, 2.24) is 30.6 Å². The van der Waals surface area contributed by atoms with Crippen LogP contribution in [0.5, 0.6) is 0 Å². The molecule has 1 saturated heterocycles. The molecule has 13 rings (SSSR count). The lowest BCUT2D eigenvalue weighted by molar-refractivity contribution is 0.00578. The molecule has 6 aromatic heterocycles. The lowest BCUT2D eigenvalue weighted by Crippen LogP contribution is -2.41. The van der Waals surface area contributed by atoms with E-state index in [9.17, 15) is 35.2 Å². The van der Waals surface area contributed by atoms with E-state index >= 15 is 0 Å². The highest BCUT2D eigenvalue weighted by molar-refractivity contribution is 9.10. The van der Waals surface area contributed by atoms with Gasteiger partial charge in [-0.3, -0.25) is 18.2 Å². The van der Waals surface area contributed by atoms with E-state index in [1.807, 2.05) is 82.3 Å². The van der Waals surface area contributed by atoms with E-state index in [-0.39, 0.29) is 39.8 Å². The van der Waals surface area contributed by atoms with Crippen LogP contribution >= 0.6 is 15.9 Å². The smallest absolute Gasteiger partial charge is 0.455 e. The predicted molar refractivity (Wildman–Crippen MR) is 353 cm³/mol. The molecule has 0 saturated carbocycles. The summed E-state index contributed by atoms with van der Waals surface area (Å²) in [6.45, 7) is 8.18. The summed E-state index contributed by atoms with van der Waals surface area (Å²) in [4.78, 5) is 43.0. The van der Waals surface area contributed by atoms with Crippen LogP contribution in [0.2, 0.25) is 0 Å². The van der Waals surface area contributed by atoms with Gasteiger partial charge in [0, 0.05) is 95.8 Å². The summed E-state index contributed by atoms with van der Waals surface area (Å²) in [5.41, 5.74) is 8.07. The van der Waals surface area contributed by atoms with Gasteiger partial charge in [0.25, 0.3) is 11.8 Å². The molecule has 1 fully saturated rings. The molecule has 0 spiro atoms. The zero-order valence-corrected chi connectivity index (χ0v) is 54.3. The normalized spacial score (nSPS) is 13.6. The number of carbonyl (C=O) groups excluding carboxylic acids is 2. The summed E-state index contributed by atoms with van der Waals surface area (Å²) in [5, 5.41) is 6.17. The first-order valence-electron chi connectivity index (χ1n) is 28.3. The molecule has 26 heteroatoms. The Labute approximate surface area is 536 Å². The highest BCUT2D eigenvalue weighted by atomic mass is 79.9. The van der Waals surface area contributed by atoms with E-state index in [4.69, 9.17) is 27.0 Å². The number of benzene rings is 6. The van der Waals surface area contributed by atoms with Crippen molar-refractivity contribution in [2.24, 2.45) is 0 Å². The molecule has 12 aromatic rings. The van der Waals surface area contributed by atoms with E-state index < -0.39 is 44.7 Å². The van der Waals surface area contributed by atoms with Crippen LogP contribution in [0.3, 0.4) is 0 Å². The quantitative estimate of drug-likeness (QED) is 0.108. The number of amides is 2. The highest BCUT2D eigenvalue weighted by Crippen LogP contribution is 2.44. The molecule has 0 aliphatic carbocycles.